The zero-order valence-corrected chi connectivity index (χ0v) is 20.5. The number of anilines is 2. The molecule has 0 bridgehead atoms. The second-order valence-corrected chi connectivity index (χ2v) is 10.7. The van der Waals surface area contributed by atoms with E-state index in [1.807, 2.05) is 43.3 Å². The van der Waals surface area contributed by atoms with E-state index in [-0.39, 0.29) is 17.9 Å². The molecule has 2 amide bonds. The lowest BCUT2D eigenvalue weighted by Gasteiger charge is -2.43. The zero-order valence-electron chi connectivity index (χ0n) is 19.7. The number of para-hydroxylation sites is 2. The van der Waals surface area contributed by atoms with Crippen LogP contribution in [-0.4, -0.2) is 37.4 Å². The lowest BCUT2D eigenvalue weighted by molar-refractivity contribution is -0.126. The SMILES string of the molecule is C[C@@H](Sc1nnc(-c2ccco2)n1C1CCCCC1)C(=O)N1c2ccccc2NC(=O)C1(C)C. The van der Waals surface area contributed by atoms with Crippen molar-refractivity contribution in [1.29, 1.82) is 0 Å². The molecule has 1 aromatic carbocycles. The second kappa shape index (κ2) is 8.94. The molecule has 3 aromatic rings. The Morgan fingerprint density at radius 1 is 1.15 bits per heavy atom. The maximum atomic E-state index is 13.8. The number of carbonyl (C=O) groups excluding carboxylic acids is 2. The minimum atomic E-state index is -1.02. The molecule has 2 aromatic heterocycles. The smallest absolute Gasteiger partial charge is 0.250 e. The van der Waals surface area contributed by atoms with Crippen molar-refractivity contribution in [2.45, 2.75) is 74.9 Å². The highest BCUT2D eigenvalue weighted by molar-refractivity contribution is 8.00. The number of hydrogen-bond donors (Lipinski definition) is 1. The molecular weight excluding hydrogens is 450 g/mol. The highest BCUT2D eigenvalue weighted by Crippen LogP contribution is 2.40. The number of hydrogen-bond acceptors (Lipinski definition) is 6. The van der Waals surface area contributed by atoms with Gasteiger partial charge in [-0.3, -0.25) is 19.1 Å². The third kappa shape index (κ3) is 3.91. The van der Waals surface area contributed by atoms with Gasteiger partial charge in [0.15, 0.2) is 10.9 Å². The minimum Gasteiger partial charge on any atom is -0.461 e. The third-order valence-electron chi connectivity index (χ3n) is 6.70. The van der Waals surface area contributed by atoms with Crippen molar-refractivity contribution in [3.63, 3.8) is 0 Å². The van der Waals surface area contributed by atoms with Gasteiger partial charge in [-0.05, 0) is 57.9 Å². The molecule has 1 aliphatic carbocycles. The Morgan fingerprint density at radius 2 is 1.91 bits per heavy atom. The van der Waals surface area contributed by atoms with Crippen LogP contribution in [0.25, 0.3) is 11.6 Å². The van der Waals surface area contributed by atoms with Crippen molar-refractivity contribution in [3.8, 4) is 11.6 Å². The summed E-state index contributed by atoms with van der Waals surface area (Å²) in [6.45, 7) is 5.41. The molecule has 0 saturated heterocycles. The fourth-order valence-corrected chi connectivity index (χ4v) is 5.80. The van der Waals surface area contributed by atoms with Crippen LogP contribution in [0, 0.1) is 0 Å². The van der Waals surface area contributed by atoms with Crippen LogP contribution < -0.4 is 10.2 Å². The average Bonchev–Trinajstić information content (AvgIpc) is 3.50. The summed E-state index contributed by atoms with van der Waals surface area (Å²) < 4.78 is 7.79. The molecule has 5 rings (SSSR count). The Kier molecular flexibility index (Phi) is 5.97. The van der Waals surface area contributed by atoms with Gasteiger partial charge in [-0.1, -0.05) is 43.2 Å². The molecule has 1 saturated carbocycles. The third-order valence-corrected chi connectivity index (χ3v) is 7.75. The van der Waals surface area contributed by atoms with Crippen LogP contribution in [0.4, 0.5) is 11.4 Å². The van der Waals surface area contributed by atoms with Gasteiger partial charge in [0.2, 0.25) is 17.6 Å². The van der Waals surface area contributed by atoms with Gasteiger partial charge in [0, 0.05) is 6.04 Å². The average molecular weight is 480 g/mol. The van der Waals surface area contributed by atoms with Gasteiger partial charge in [0.05, 0.1) is 22.9 Å². The number of nitrogens with zero attached hydrogens (tertiary/aromatic N) is 4. The summed E-state index contributed by atoms with van der Waals surface area (Å²) in [6.07, 6.45) is 7.29. The van der Waals surface area contributed by atoms with Gasteiger partial charge in [0.1, 0.15) is 5.54 Å². The first-order chi connectivity index (χ1) is 16.4. The van der Waals surface area contributed by atoms with Crippen LogP contribution in [0.15, 0.2) is 52.2 Å². The number of thioether (sulfide) groups is 1. The van der Waals surface area contributed by atoms with Gasteiger partial charge in [-0.15, -0.1) is 10.2 Å². The molecule has 34 heavy (non-hydrogen) atoms. The molecule has 0 unspecified atom stereocenters. The summed E-state index contributed by atoms with van der Waals surface area (Å²) in [5.41, 5.74) is 0.328. The maximum absolute atomic E-state index is 13.8. The van der Waals surface area contributed by atoms with E-state index in [1.54, 1.807) is 25.0 Å². The summed E-state index contributed by atoms with van der Waals surface area (Å²) in [5.74, 6) is 1.02. The Balaban J connectivity index is 1.47. The molecule has 0 spiro atoms. The van der Waals surface area contributed by atoms with Gasteiger partial charge >= 0.3 is 0 Å². The van der Waals surface area contributed by atoms with E-state index in [1.165, 1.54) is 18.2 Å². The molecule has 1 N–H and O–H groups in total. The van der Waals surface area contributed by atoms with E-state index in [4.69, 9.17) is 4.42 Å². The Morgan fingerprint density at radius 3 is 2.65 bits per heavy atom. The summed E-state index contributed by atoms with van der Waals surface area (Å²) in [6, 6.07) is 11.4. The predicted molar refractivity (Wildman–Crippen MR) is 132 cm³/mol. The molecule has 8 nitrogen and oxygen atoms in total. The van der Waals surface area contributed by atoms with Gasteiger partial charge < -0.3 is 9.73 Å². The number of nitrogens with one attached hydrogen (secondary N) is 1. The summed E-state index contributed by atoms with van der Waals surface area (Å²) in [4.78, 5) is 28.2. The number of furan rings is 1. The number of carbonyl (C=O) groups is 2. The second-order valence-electron chi connectivity index (χ2n) is 9.41. The largest absolute Gasteiger partial charge is 0.461 e. The first kappa shape index (κ1) is 22.7. The van der Waals surface area contributed by atoms with Gasteiger partial charge in [-0.25, -0.2) is 0 Å². The number of rotatable bonds is 5. The monoisotopic (exact) mass is 479 g/mol. The highest BCUT2D eigenvalue weighted by Gasteiger charge is 2.45. The van der Waals surface area contributed by atoms with E-state index < -0.39 is 10.8 Å². The van der Waals surface area contributed by atoms with Crippen LogP contribution in [-0.2, 0) is 9.59 Å². The summed E-state index contributed by atoms with van der Waals surface area (Å²) in [7, 11) is 0. The van der Waals surface area contributed by atoms with Crippen LogP contribution in [0.3, 0.4) is 0 Å². The number of benzene rings is 1. The van der Waals surface area contributed by atoms with Crippen molar-refractivity contribution in [1.82, 2.24) is 14.8 Å². The molecule has 0 radical (unpaired) electrons. The summed E-state index contributed by atoms with van der Waals surface area (Å²) in [5, 5.41) is 12.1. The number of amides is 2. The topological polar surface area (TPSA) is 93.3 Å². The molecule has 1 fully saturated rings. The van der Waals surface area contributed by atoms with E-state index in [0.717, 1.165) is 25.7 Å². The zero-order chi connectivity index (χ0) is 23.9. The van der Waals surface area contributed by atoms with Crippen molar-refractivity contribution in [3.05, 3.63) is 42.7 Å². The normalized spacial score (nSPS) is 18.9. The van der Waals surface area contributed by atoms with E-state index >= 15 is 0 Å². The molecule has 2 aliphatic rings. The summed E-state index contributed by atoms with van der Waals surface area (Å²) >= 11 is 1.39. The standard InChI is InChI=1S/C25H29N5O3S/c1-16(22(31)30-19-13-8-7-12-18(19)26-23(32)25(30,2)3)34-24-28-27-21(20-14-9-15-33-20)29(24)17-10-5-4-6-11-17/h7-9,12-17H,4-6,10-11H2,1-3H3,(H,26,32)/t16-/m1/s1. The molecule has 3 heterocycles. The van der Waals surface area contributed by atoms with E-state index in [9.17, 15) is 9.59 Å². The first-order valence-electron chi connectivity index (χ1n) is 11.8. The van der Waals surface area contributed by atoms with Crippen LogP contribution in [0.5, 0.6) is 0 Å². The van der Waals surface area contributed by atoms with Crippen molar-refractivity contribution in [2.75, 3.05) is 10.2 Å². The Hall–Kier alpha value is -3.07. The van der Waals surface area contributed by atoms with Gasteiger partial charge in [-0.2, -0.15) is 0 Å². The lowest BCUT2D eigenvalue weighted by atomic mass is 9.95. The lowest BCUT2D eigenvalue weighted by Crippen LogP contribution is -2.60. The fraction of sp³-hybridized carbons (Fsp3) is 0.440. The van der Waals surface area contributed by atoms with Crippen molar-refractivity contribution < 1.29 is 14.0 Å². The van der Waals surface area contributed by atoms with Crippen LogP contribution >= 0.6 is 11.8 Å². The molecule has 9 heteroatoms. The van der Waals surface area contributed by atoms with Crippen molar-refractivity contribution in [2.24, 2.45) is 0 Å². The highest BCUT2D eigenvalue weighted by atomic mass is 32.2. The molecular formula is C25H29N5O3S. The van der Waals surface area contributed by atoms with Crippen LogP contribution in [0.1, 0.15) is 58.9 Å². The maximum Gasteiger partial charge on any atom is 0.250 e. The molecule has 178 valence electrons. The van der Waals surface area contributed by atoms with E-state index in [0.29, 0.717) is 28.1 Å². The fourth-order valence-electron chi connectivity index (χ4n) is 4.84. The Bertz CT molecular complexity index is 1200. The Labute approximate surface area is 203 Å². The number of aromatic nitrogens is 3. The van der Waals surface area contributed by atoms with E-state index in [2.05, 4.69) is 20.1 Å². The number of fused-ring (bicyclic) bond motifs is 1. The molecule has 1 atom stereocenters. The van der Waals surface area contributed by atoms with Crippen molar-refractivity contribution >= 4 is 35.0 Å². The quantitative estimate of drug-likeness (QED) is 0.500. The minimum absolute atomic E-state index is 0.143. The van der Waals surface area contributed by atoms with Crippen LogP contribution in [0.2, 0.25) is 0 Å². The predicted octanol–water partition coefficient (Wildman–Crippen LogP) is 5.29. The van der Waals surface area contributed by atoms with Gasteiger partial charge in [0.25, 0.3) is 0 Å². The first-order valence-corrected chi connectivity index (χ1v) is 12.7. The molecule has 1 aliphatic heterocycles.